The number of benzene rings is 1. The molecule has 0 amide bonds. The van der Waals surface area contributed by atoms with Crippen LogP contribution in [0, 0.1) is 0 Å². The lowest BCUT2D eigenvalue weighted by Gasteiger charge is -2.16. The number of halogens is 5. The Morgan fingerprint density at radius 1 is 1.45 bits per heavy atom. The number of carbonyl (C=O) groups is 1. The topological polar surface area (TPSA) is 47.6 Å². The van der Waals surface area contributed by atoms with Gasteiger partial charge in [-0.2, -0.15) is 0 Å². The SMILES string of the molecule is COC(=O)C(Br)CNc1ccc(Br)cc1OC(F)(F)F. The van der Waals surface area contributed by atoms with E-state index in [9.17, 15) is 18.0 Å². The number of anilines is 1. The Kier molecular flexibility index (Phi) is 6.12. The van der Waals surface area contributed by atoms with Crippen LogP contribution in [0.1, 0.15) is 0 Å². The zero-order chi connectivity index (χ0) is 15.3. The third-order valence-corrected chi connectivity index (χ3v) is 3.29. The molecule has 0 saturated heterocycles. The van der Waals surface area contributed by atoms with Crippen LogP contribution in [0.3, 0.4) is 0 Å². The summed E-state index contributed by atoms with van der Waals surface area (Å²) in [6, 6.07) is 4.13. The van der Waals surface area contributed by atoms with Gasteiger partial charge in [0, 0.05) is 11.0 Å². The molecule has 0 radical (unpaired) electrons. The van der Waals surface area contributed by atoms with Crippen LogP contribution >= 0.6 is 31.9 Å². The molecule has 4 nitrogen and oxygen atoms in total. The van der Waals surface area contributed by atoms with Gasteiger partial charge in [0.2, 0.25) is 0 Å². The maximum absolute atomic E-state index is 12.3. The van der Waals surface area contributed by atoms with Gasteiger partial charge in [-0.05, 0) is 18.2 Å². The Hall–Kier alpha value is -0.960. The zero-order valence-electron chi connectivity index (χ0n) is 10.1. The predicted octanol–water partition coefficient (Wildman–Crippen LogP) is 3.70. The summed E-state index contributed by atoms with van der Waals surface area (Å²) in [6.07, 6.45) is -4.80. The Morgan fingerprint density at radius 3 is 2.65 bits per heavy atom. The highest BCUT2D eigenvalue weighted by atomic mass is 79.9. The Morgan fingerprint density at radius 2 is 2.10 bits per heavy atom. The Labute approximate surface area is 129 Å². The molecule has 0 aliphatic carbocycles. The number of hydrogen-bond donors (Lipinski definition) is 1. The van der Waals surface area contributed by atoms with Gasteiger partial charge in [-0.3, -0.25) is 4.79 Å². The number of nitrogens with one attached hydrogen (secondary N) is 1. The van der Waals surface area contributed by atoms with Crippen LogP contribution in [0.15, 0.2) is 22.7 Å². The number of methoxy groups -OCH3 is 1. The summed E-state index contributed by atoms with van der Waals surface area (Å²) in [5.41, 5.74) is 0.110. The molecule has 1 atom stereocenters. The predicted molar refractivity (Wildman–Crippen MR) is 74.0 cm³/mol. The smallest absolute Gasteiger partial charge is 0.468 e. The van der Waals surface area contributed by atoms with Gasteiger partial charge in [0.15, 0.2) is 5.75 Å². The van der Waals surface area contributed by atoms with Crippen molar-refractivity contribution in [3.8, 4) is 5.75 Å². The lowest BCUT2D eigenvalue weighted by atomic mass is 10.3. The van der Waals surface area contributed by atoms with Crippen LogP contribution < -0.4 is 10.1 Å². The normalized spacial score (nSPS) is 12.7. The summed E-state index contributed by atoms with van der Waals surface area (Å²) in [5, 5.41) is 2.68. The van der Waals surface area contributed by atoms with E-state index in [0.717, 1.165) is 0 Å². The van der Waals surface area contributed by atoms with E-state index in [1.807, 2.05) is 0 Å². The van der Waals surface area contributed by atoms with Crippen molar-refractivity contribution in [1.29, 1.82) is 0 Å². The third kappa shape index (κ3) is 5.58. The zero-order valence-corrected chi connectivity index (χ0v) is 13.3. The number of ether oxygens (including phenoxy) is 2. The van der Waals surface area contributed by atoms with E-state index in [1.165, 1.54) is 19.2 Å². The van der Waals surface area contributed by atoms with Crippen molar-refractivity contribution in [2.45, 2.75) is 11.2 Å². The van der Waals surface area contributed by atoms with Crippen molar-refractivity contribution in [2.75, 3.05) is 19.0 Å². The highest BCUT2D eigenvalue weighted by molar-refractivity contribution is 9.10. The summed E-state index contributed by atoms with van der Waals surface area (Å²) in [4.78, 5) is 10.5. The van der Waals surface area contributed by atoms with Crippen molar-refractivity contribution < 1.29 is 27.4 Å². The van der Waals surface area contributed by atoms with Crippen LogP contribution in [0.4, 0.5) is 18.9 Å². The molecule has 0 spiro atoms. The molecule has 1 unspecified atom stereocenters. The van der Waals surface area contributed by atoms with E-state index < -0.39 is 22.9 Å². The minimum Gasteiger partial charge on any atom is -0.468 e. The summed E-state index contributed by atoms with van der Waals surface area (Å²) < 4.78 is 45.7. The Balaban J connectivity index is 2.81. The molecule has 0 bridgehead atoms. The van der Waals surface area contributed by atoms with E-state index in [4.69, 9.17) is 0 Å². The molecule has 0 aliphatic rings. The van der Waals surface area contributed by atoms with E-state index >= 15 is 0 Å². The molecule has 9 heteroatoms. The van der Waals surface area contributed by atoms with E-state index in [1.54, 1.807) is 6.07 Å². The van der Waals surface area contributed by atoms with Gasteiger partial charge in [0.05, 0.1) is 12.8 Å². The standard InChI is InChI=1S/C11H10Br2F3NO3/c1-19-10(18)7(13)5-17-8-3-2-6(12)4-9(8)20-11(14,15)16/h2-4,7,17H,5H2,1H3. The molecule has 1 aromatic carbocycles. The van der Waals surface area contributed by atoms with Crippen molar-refractivity contribution in [3.63, 3.8) is 0 Å². The molecule has 112 valence electrons. The van der Waals surface area contributed by atoms with Gasteiger partial charge < -0.3 is 14.8 Å². The van der Waals surface area contributed by atoms with Crippen molar-refractivity contribution in [2.24, 2.45) is 0 Å². The van der Waals surface area contributed by atoms with Gasteiger partial charge in [-0.15, -0.1) is 13.2 Å². The van der Waals surface area contributed by atoms with Crippen LogP contribution in [0.5, 0.6) is 5.75 Å². The van der Waals surface area contributed by atoms with Gasteiger partial charge in [-0.25, -0.2) is 0 Å². The van der Waals surface area contributed by atoms with E-state index in [0.29, 0.717) is 4.47 Å². The van der Waals surface area contributed by atoms with Crippen LogP contribution in [-0.2, 0) is 9.53 Å². The molecule has 1 aromatic rings. The summed E-state index contributed by atoms with van der Waals surface area (Å²) in [7, 11) is 1.22. The van der Waals surface area contributed by atoms with Crippen LogP contribution in [-0.4, -0.2) is 30.8 Å². The fraction of sp³-hybridized carbons (Fsp3) is 0.364. The summed E-state index contributed by atoms with van der Waals surface area (Å²) in [6.45, 7) is 0.0442. The lowest BCUT2D eigenvalue weighted by Crippen LogP contribution is -2.25. The molecular weight excluding hydrogens is 411 g/mol. The molecular formula is C11H10Br2F3NO3. The average molecular weight is 421 g/mol. The van der Waals surface area contributed by atoms with E-state index in [2.05, 4.69) is 46.7 Å². The van der Waals surface area contributed by atoms with Crippen molar-refractivity contribution >= 4 is 43.5 Å². The van der Waals surface area contributed by atoms with Gasteiger partial charge >= 0.3 is 12.3 Å². The van der Waals surface area contributed by atoms with Gasteiger partial charge in [0.25, 0.3) is 0 Å². The maximum Gasteiger partial charge on any atom is 0.573 e. The largest absolute Gasteiger partial charge is 0.573 e. The first-order valence-electron chi connectivity index (χ1n) is 5.24. The van der Waals surface area contributed by atoms with Crippen LogP contribution in [0.2, 0.25) is 0 Å². The third-order valence-electron chi connectivity index (χ3n) is 2.10. The molecule has 0 heterocycles. The molecule has 20 heavy (non-hydrogen) atoms. The average Bonchev–Trinajstić information content (AvgIpc) is 2.34. The highest BCUT2D eigenvalue weighted by Crippen LogP contribution is 2.33. The fourth-order valence-electron chi connectivity index (χ4n) is 1.26. The summed E-state index contributed by atoms with van der Waals surface area (Å²) >= 11 is 6.11. The lowest BCUT2D eigenvalue weighted by molar-refractivity contribution is -0.274. The number of esters is 1. The summed E-state index contributed by atoms with van der Waals surface area (Å²) in [5.74, 6) is -0.927. The van der Waals surface area contributed by atoms with Crippen molar-refractivity contribution in [1.82, 2.24) is 0 Å². The molecule has 1 rings (SSSR count). The second-order valence-corrected chi connectivity index (χ2v) is 5.58. The van der Waals surface area contributed by atoms with Crippen LogP contribution in [0.25, 0.3) is 0 Å². The molecule has 0 aromatic heterocycles. The minimum atomic E-state index is -4.80. The number of hydrogen-bond acceptors (Lipinski definition) is 4. The fourth-order valence-corrected chi connectivity index (χ4v) is 1.95. The highest BCUT2D eigenvalue weighted by Gasteiger charge is 2.32. The van der Waals surface area contributed by atoms with Gasteiger partial charge in [0.1, 0.15) is 4.83 Å². The minimum absolute atomic E-state index is 0.0442. The number of alkyl halides is 4. The van der Waals surface area contributed by atoms with Crippen molar-refractivity contribution in [3.05, 3.63) is 22.7 Å². The molecule has 0 aliphatic heterocycles. The Bertz CT molecular complexity index is 482. The number of carbonyl (C=O) groups excluding carboxylic acids is 1. The maximum atomic E-state index is 12.3. The van der Waals surface area contributed by atoms with E-state index in [-0.39, 0.29) is 12.2 Å². The molecule has 0 saturated carbocycles. The molecule has 1 N–H and O–H groups in total. The first kappa shape index (κ1) is 17.1. The second-order valence-electron chi connectivity index (χ2n) is 3.56. The first-order valence-corrected chi connectivity index (χ1v) is 6.95. The number of rotatable bonds is 5. The quantitative estimate of drug-likeness (QED) is 0.582. The molecule has 0 fully saturated rings. The van der Waals surface area contributed by atoms with Gasteiger partial charge in [-0.1, -0.05) is 31.9 Å². The first-order chi connectivity index (χ1) is 9.23. The second kappa shape index (κ2) is 7.16. The monoisotopic (exact) mass is 419 g/mol.